The third kappa shape index (κ3) is 3.64. The minimum absolute atomic E-state index is 0.126. The van der Waals surface area contributed by atoms with Crippen LogP contribution in [-0.4, -0.2) is 55.1 Å². The zero-order valence-electron chi connectivity index (χ0n) is 16.6. The molecule has 2 aromatic carbocycles. The smallest absolute Gasteiger partial charge is 0.308 e. The second-order valence-corrected chi connectivity index (χ2v) is 7.55. The molecule has 0 radical (unpaired) electrons. The highest BCUT2D eigenvalue weighted by atomic mass is 16.5. The van der Waals surface area contributed by atoms with Crippen LogP contribution >= 0.6 is 0 Å². The first-order chi connectivity index (χ1) is 14.5. The Morgan fingerprint density at radius 2 is 1.60 bits per heavy atom. The molecule has 1 aliphatic carbocycles. The maximum atomic E-state index is 13.0. The maximum absolute atomic E-state index is 13.0. The number of ether oxygens (including phenoxy) is 1. The van der Waals surface area contributed by atoms with Gasteiger partial charge in [-0.25, -0.2) is 0 Å². The molecule has 2 aliphatic rings. The number of rotatable bonds is 4. The Kier molecular flexibility index (Phi) is 5.46. The number of likely N-dealkylation sites (tertiary alicyclic amines) is 1. The molecular weight excluding hydrogens is 384 g/mol. The van der Waals surface area contributed by atoms with Gasteiger partial charge in [0.25, 0.3) is 0 Å². The molecule has 154 valence electrons. The summed E-state index contributed by atoms with van der Waals surface area (Å²) in [7, 11) is 1.38. The van der Waals surface area contributed by atoms with Crippen LogP contribution in [0, 0.1) is 5.92 Å². The molecular formula is C23H22N2O5. The molecule has 1 aliphatic heterocycles. The van der Waals surface area contributed by atoms with E-state index in [9.17, 15) is 19.2 Å². The minimum Gasteiger partial charge on any atom is -0.469 e. The molecule has 1 fully saturated rings. The van der Waals surface area contributed by atoms with Crippen LogP contribution in [0.1, 0.15) is 44.7 Å². The van der Waals surface area contributed by atoms with Crippen molar-refractivity contribution < 1.29 is 23.9 Å². The molecule has 30 heavy (non-hydrogen) atoms. The summed E-state index contributed by atoms with van der Waals surface area (Å²) < 4.78 is 4.79. The lowest BCUT2D eigenvalue weighted by Crippen LogP contribution is -2.41. The third-order valence-electron chi connectivity index (χ3n) is 5.72. The van der Waals surface area contributed by atoms with Crippen molar-refractivity contribution in [3.05, 3.63) is 64.7 Å². The van der Waals surface area contributed by atoms with Gasteiger partial charge in [0.15, 0.2) is 11.6 Å². The molecule has 1 heterocycles. The second-order valence-electron chi connectivity index (χ2n) is 7.55. The summed E-state index contributed by atoms with van der Waals surface area (Å²) in [5.41, 5.74) is 1.61. The van der Waals surface area contributed by atoms with Crippen LogP contribution in [0.15, 0.2) is 42.5 Å². The van der Waals surface area contributed by atoms with Crippen molar-refractivity contribution in [3.8, 4) is 0 Å². The van der Waals surface area contributed by atoms with Gasteiger partial charge in [0.1, 0.15) is 0 Å². The molecule has 0 spiro atoms. The Labute approximate surface area is 174 Å². The van der Waals surface area contributed by atoms with Gasteiger partial charge in [-0.2, -0.15) is 0 Å². The van der Waals surface area contributed by atoms with Crippen molar-refractivity contribution in [2.75, 3.05) is 32.1 Å². The van der Waals surface area contributed by atoms with Gasteiger partial charge in [-0.1, -0.05) is 36.4 Å². The van der Waals surface area contributed by atoms with Crippen LogP contribution in [0.5, 0.6) is 0 Å². The van der Waals surface area contributed by atoms with E-state index >= 15 is 0 Å². The number of piperidine rings is 1. The first-order valence-electron chi connectivity index (χ1n) is 9.91. The summed E-state index contributed by atoms with van der Waals surface area (Å²) in [6, 6.07) is 11.6. The van der Waals surface area contributed by atoms with Gasteiger partial charge in [0.2, 0.25) is 5.91 Å². The lowest BCUT2D eigenvalue weighted by atomic mass is 9.83. The van der Waals surface area contributed by atoms with E-state index in [4.69, 9.17) is 4.74 Å². The van der Waals surface area contributed by atoms with Gasteiger partial charge in [0, 0.05) is 16.7 Å². The van der Waals surface area contributed by atoms with Gasteiger partial charge < -0.3 is 10.1 Å². The highest BCUT2D eigenvalue weighted by Crippen LogP contribution is 2.32. The predicted octanol–water partition coefficient (Wildman–Crippen LogP) is 2.29. The molecule has 7 nitrogen and oxygen atoms in total. The van der Waals surface area contributed by atoms with E-state index in [-0.39, 0.29) is 41.5 Å². The van der Waals surface area contributed by atoms with Crippen molar-refractivity contribution >= 4 is 29.1 Å². The normalized spacial score (nSPS) is 16.6. The summed E-state index contributed by atoms with van der Waals surface area (Å²) in [4.78, 5) is 52.1. The average Bonchev–Trinajstić information content (AvgIpc) is 2.77. The van der Waals surface area contributed by atoms with Gasteiger partial charge in [0.05, 0.1) is 30.8 Å². The molecule has 2 aromatic rings. The number of anilines is 1. The van der Waals surface area contributed by atoms with Gasteiger partial charge in [-0.3, -0.25) is 24.1 Å². The van der Waals surface area contributed by atoms with Crippen LogP contribution in [0.3, 0.4) is 0 Å². The Balaban J connectivity index is 1.48. The van der Waals surface area contributed by atoms with Crippen LogP contribution in [0.25, 0.3) is 0 Å². The van der Waals surface area contributed by atoms with Crippen molar-refractivity contribution in [2.45, 2.75) is 12.8 Å². The number of esters is 1. The van der Waals surface area contributed by atoms with Gasteiger partial charge >= 0.3 is 5.97 Å². The van der Waals surface area contributed by atoms with Gasteiger partial charge in [-0.05, 0) is 32.0 Å². The zero-order valence-corrected chi connectivity index (χ0v) is 16.6. The first-order valence-corrected chi connectivity index (χ1v) is 9.91. The van der Waals surface area contributed by atoms with E-state index in [0.29, 0.717) is 48.3 Å². The summed E-state index contributed by atoms with van der Waals surface area (Å²) >= 11 is 0. The number of nitrogens with zero attached hydrogens (tertiary/aromatic N) is 1. The van der Waals surface area contributed by atoms with E-state index < -0.39 is 0 Å². The van der Waals surface area contributed by atoms with Crippen molar-refractivity contribution in [1.82, 2.24) is 4.90 Å². The third-order valence-corrected chi connectivity index (χ3v) is 5.72. The minimum atomic E-state index is -0.269. The number of hydrogen-bond donors (Lipinski definition) is 1. The fourth-order valence-electron chi connectivity index (χ4n) is 4.14. The summed E-state index contributed by atoms with van der Waals surface area (Å²) in [6.07, 6.45) is 1.29. The van der Waals surface area contributed by atoms with Crippen LogP contribution in [-0.2, 0) is 14.3 Å². The van der Waals surface area contributed by atoms with Crippen molar-refractivity contribution in [2.24, 2.45) is 5.92 Å². The largest absolute Gasteiger partial charge is 0.469 e. The lowest BCUT2D eigenvalue weighted by molar-refractivity contribution is -0.147. The first kappa shape index (κ1) is 20.0. The molecule has 0 bridgehead atoms. The van der Waals surface area contributed by atoms with E-state index in [1.54, 1.807) is 42.5 Å². The molecule has 1 amide bonds. The number of nitrogens with one attached hydrogen (secondary N) is 1. The number of fused-ring (bicyclic) bond motifs is 2. The van der Waals surface area contributed by atoms with E-state index in [1.807, 2.05) is 4.90 Å². The number of benzene rings is 2. The number of ketones is 2. The van der Waals surface area contributed by atoms with E-state index in [0.717, 1.165) is 0 Å². The van der Waals surface area contributed by atoms with E-state index in [2.05, 4.69) is 5.32 Å². The maximum Gasteiger partial charge on any atom is 0.308 e. The summed E-state index contributed by atoms with van der Waals surface area (Å²) in [5, 5.41) is 2.80. The fraction of sp³-hybridized carbons (Fsp3) is 0.304. The number of amides is 1. The van der Waals surface area contributed by atoms with Crippen LogP contribution in [0.2, 0.25) is 0 Å². The molecule has 4 rings (SSSR count). The highest BCUT2D eigenvalue weighted by Gasteiger charge is 2.32. The van der Waals surface area contributed by atoms with E-state index in [1.165, 1.54) is 7.11 Å². The number of hydrogen-bond acceptors (Lipinski definition) is 6. The Bertz CT molecular complexity index is 1040. The fourth-order valence-corrected chi connectivity index (χ4v) is 4.14. The van der Waals surface area contributed by atoms with Gasteiger partial charge in [-0.15, -0.1) is 0 Å². The number of methoxy groups -OCH3 is 1. The Morgan fingerprint density at radius 3 is 2.27 bits per heavy atom. The molecule has 1 N–H and O–H groups in total. The van der Waals surface area contributed by atoms with Crippen LogP contribution in [0.4, 0.5) is 5.69 Å². The standard InChI is InChI=1S/C23H22N2O5/c1-30-23(29)14-9-11-25(12-10-14)13-19(26)24-18-8-4-7-17-20(18)22(28)16-6-3-2-5-15(16)21(17)27/h2-8,14H,9-13H2,1H3,(H,24,26). The Morgan fingerprint density at radius 1 is 0.967 bits per heavy atom. The molecule has 0 aromatic heterocycles. The number of carbonyl (C=O) groups excluding carboxylic acids is 4. The quantitative estimate of drug-likeness (QED) is 0.669. The SMILES string of the molecule is COC(=O)C1CCN(CC(=O)Nc2cccc3c2C(=O)c2ccccc2C3=O)CC1. The topological polar surface area (TPSA) is 92.8 Å². The number of carbonyl (C=O) groups is 4. The zero-order chi connectivity index (χ0) is 21.3. The molecule has 0 unspecified atom stereocenters. The van der Waals surface area contributed by atoms with Crippen molar-refractivity contribution in [1.29, 1.82) is 0 Å². The predicted molar refractivity (Wildman–Crippen MR) is 110 cm³/mol. The molecule has 0 saturated carbocycles. The Hall–Kier alpha value is -3.32. The summed E-state index contributed by atoms with van der Waals surface area (Å²) in [6.45, 7) is 1.38. The monoisotopic (exact) mass is 406 g/mol. The molecule has 7 heteroatoms. The molecule has 0 atom stereocenters. The summed E-state index contributed by atoms with van der Waals surface area (Å²) in [5.74, 6) is -1.09. The molecule has 1 saturated heterocycles. The average molecular weight is 406 g/mol. The lowest BCUT2D eigenvalue weighted by Gasteiger charge is -2.30. The van der Waals surface area contributed by atoms with Crippen molar-refractivity contribution in [3.63, 3.8) is 0 Å². The van der Waals surface area contributed by atoms with Crippen LogP contribution < -0.4 is 5.32 Å². The second kappa shape index (κ2) is 8.20. The highest BCUT2D eigenvalue weighted by molar-refractivity contribution is 6.30.